The topological polar surface area (TPSA) is 84.2 Å². The third kappa shape index (κ3) is 3.98. The smallest absolute Gasteiger partial charge is 0.313 e. The van der Waals surface area contributed by atoms with Crippen molar-refractivity contribution in [2.24, 2.45) is 0 Å². The van der Waals surface area contributed by atoms with Crippen LogP contribution in [0.5, 0.6) is 0 Å². The minimum Gasteiger partial charge on any atom is -0.481 e. The molecule has 2 N–H and O–H groups in total. The largest absolute Gasteiger partial charge is 0.481 e. The lowest BCUT2D eigenvalue weighted by atomic mass is 10.3. The second-order valence-corrected chi connectivity index (χ2v) is 5.44. The van der Waals surface area contributed by atoms with E-state index >= 15 is 0 Å². The van der Waals surface area contributed by atoms with Crippen LogP contribution >= 0.6 is 11.8 Å². The van der Waals surface area contributed by atoms with Gasteiger partial charge in [-0.15, -0.1) is 0 Å². The number of aliphatic carboxylic acids is 1. The monoisotopic (exact) mass is 307 g/mol. The van der Waals surface area contributed by atoms with E-state index in [1.165, 1.54) is 0 Å². The zero-order chi connectivity index (χ0) is 15.2. The summed E-state index contributed by atoms with van der Waals surface area (Å²) in [5.41, 5.74) is 1.59. The van der Waals surface area contributed by atoms with E-state index in [2.05, 4.69) is 10.3 Å². The van der Waals surface area contributed by atoms with Gasteiger partial charge in [0.05, 0.1) is 16.8 Å². The third-order valence-electron chi connectivity index (χ3n) is 2.82. The summed E-state index contributed by atoms with van der Waals surface area (Å²) in [6.07, 6.45) is 0.872. The summed E-state index contributed by atoms with van der Waals surface area (Å²) in [6.45, 7) is 2.76. The first-order valence-electron chi connectivity index (χ1n) is 6.68. The predicted molar refractivity (Wildman–Crippen MR) is 81.4 cm³/mol. The van der Waals surface area contributed by atoms with E-state index in [-0.39, 0.29) is 18.2 Å². The number of carbonyl (C=O) groups excluding carboxylic acids is 1. The lowest BCUT2D eigenvalue weighted by Gasteiger charge is -2.08. The average Bonchev–Trinajstić information content (AvgIpc) is 2.81. The molecule has 6 nitrogen and oxygen atoms in total. The molecular formula is C14H17N3O3S. The number of aromatic nitrogens is 2. The Morgan fingerprint density at radius 2 is 2.14 bits per heavy atom. The molecule has 0 aliphatic heterocycles. The van der Waals surface area contributed by atoms with E-state index in [4.69, 9.17) is 5.11 Å². The van der Waals surface area contributed by atoms with Crippen LogP contribution in [0.15, 0.2) is 29.4 Å². The van der Waals surface area contributed by atoms with Crippen LogP contribution in [0, 0.1) is 0 Å². The number of nitrogens with one attached hydrogen (secondary N) is 1. The van der Waals surface area contributed by atoms with Gasteiger partial charge in [0.2, 0.25) is 5.91 Å². The van der Waals surface area contributed by atoms with Crippen molar-refractivity contribution in [1.82, 2.24) is 14.9 Å². The van der Waals surface area contributed by atoms with Crippen LogP contribution in [0.4, 0.5) is 0 Å². The van der Waals surface area contributed by atoms with Gasteiger partial charge in [-0.1, -0.05) is 30.8 Å². The van der Waals surface area contributed by atoms with Gasteiger partial charge in [-0.2, -0.15) is 0 Å². The number of nitrogens with zero attached hydrogens (tertiary/aromatic N) is 2. The predicted octanol–water partition coefficient (Wildman–Crippen LogP) is 1.74. The number of fused-ring (bicyclic) bond motifs is 1. The molecule has 1 aromatic heterocycles. The van der Waals surface area contributed by atoms with Gasteiger partial charge >= 0.3 is 5.97 Å². The molecule has 0 saturated carbocycles. The van der Waals surface area contributed by atoms with Gasteiger partial charge in [-0.25, -0.2) is 4.98 Å². The maximum Gasteiger partial charge on any atom is 0.313 e. The molecule has 0 fully saturated rings. The van der Waals surface area contributed by atoms with E-state index < -0.39 is 5.97 Å². The van der Waals surface area contributed by atoms with E-state index in [1.54, 1.807) is 4.57 Å². The average molecular weight is 307 g/mol. The van der Waals surface area contributed by atoms with Gasteiger partial charge in [-0.05, 0) is 18.6 Å². The van der Waals surface area contributed by atoms with Crippen molar-refractivity contribution in [3.63, 3.8) is 0 Å². The van der Waals surface area contributed by atoms with Crippen molar-refractivity contribution in [3.05, 3.63) is 24.3 Å². The Kier molecular flexibility index (Phi) is 5.21. The molecule has 0 bridgehead atoms. The highest BCUT2D eigenvalue weighted by Crippen LogP contribution is 2.23. The van der Waals surface area contributed by atoms with Gasteiger partial charge in [-0.3, -0.25) is 9.59 Å². The second kappa shape index (κ2) is 7.12. The van der Waals surface area contributed by atoms with Gasteiger partial charge in [0.25, 0.3) is 0 Å². The number of carboxylic acids is 1. The minimum absolute atomic E-state index is 0.0834. The molecule has 1 aromatic carbocycles. The van der Waals surface area contributed by atoms with Crippen molar-refractivity contribution >= 4 is 34.7 Å². The Morgan fingerprint density at radius 1 is 1.38 bits per heavy atom. The summed E-state index contributed by atoms with van der Waals surface area (Å²) in [6, 6.07) is 7.46. The van der Waals surface area contributed by atoms with Gasteiger partial charge in [0.1, 0.15) is 6.54 Å². The summed E-state index contributed by atoms with van der Waals surface area (Å²) in [5.74, 6) is -1.09. The second-order valence-electron chi connectivity index (χ2n) is 4.50. The van der Waals surface area contributed by atoms with E-state index in [9.17, 15) is 9.59 Å². The molecule has 1 amide bonds. The first-order chi connectivity index (χ1) is 10.1. The molecule has 7 heteroatoms. The minimum atomic E-state index is -0.908. The van der Waals surface area contributed by atoms with E-state index in [1.807, 2.05) is 31.2 Å². The standard InChI is InChI=1S/C14H17N3O3S/c1-2-7-15-12(18)8-17-11-6-4-3-5-10(11)16-14(17)21-9-13(19)20/h3-6H,2,7-9H2,1H3,(H,15,18)(H,19,20). The van der Waals surface area contributed by atoms with Crippen molar-refractivity contribution in [3.8, 4) is 0 Å². The highest BCUT2D eigenvalue weighted by molar-refractivity contribution is 7.99. The Morgan fingerprint density at radius 3 is 2.86 bits per heavy atom. The van der Waals surface area contributed by atoms with Crippen LogP contribution in [-0.4, -0.2) is 38.8 Å². The van der Waals surface area contributed by atoms with Gasteiger partial charge < -0.3 is 15.0 Å². The van der Waals surface area contributed by atoms with Crippen LogP contribution in [0.25, 0.3) is 11.0 Å². The number of para-hydroxylation sites is 2. The molecular weight excluding hydrogens is 290 g/mol. The lowest BCUT2D eigenvalue weighted by molar-refractivity contribution is -0.133. The molecule has 2 rings (SSSR count). The van der Waals surface area contributed by atoms with Gasteiger partial charge in [0.15, 0.2) is 5.16 Å². The number of thioether (sulfide) groups is 1. The maximum absolute atomic E-state index is 11.9. The molecule has 0 atom stereocenters. The fourth-order valence-corrected chi connectivity index (χ4v) is 2.64. The van der Waals surface area contributed by atoms with Crippen LogP contribution in [0.1, 0.15) is 13.3 Å². The number of hydrogen-bond donors (Lipinski definition) is 2. The SMILES string of the molecule is CCCNC(=O)Cn1c(SCC(=O)O)nc2ccccc21. The van der Waals surface area contributed by atoms with Crippen LogP contribution in [0.3, 0.4) is 0 Å². The molecule has 0 saturated heterocycles. The highest BCUT2D eigenvalue weighted by atomic mass is 32.2. The zero-order valence-electron chi connectivity index (χ0n) is 11.7. The van der Waals surface area contributed by atoms with Crippen LogP contribution in [0.2, 0.25) is 0 Å². The first kappa shape index (κ1) is 15.4. The quantitative estimate of drug-likeness (QED) is 0.761. The molecule has 0 aliphatic rings. The Labute approximate surface area is 126 Å². The molecule has 1 heterocycles. The summed E-state index contributed by atoms with van der Waals surface area (Å²) in [4.78, 5) is 27.0. The Bertz CT molecular complexity index is 654. The van der Waals surface area contributed by atoms with Crippen molar-refractivity contribution in [1.29, 1.82) is 0 Å². The molecule has 0 aliphatic carbocycles. The third-order valence-corrected chi connectivity index (χ3v) is 3.78. The summed E-state index contributed by atoms with van der Waals surface area (Å²) >= 11 is 1.12. The molecule has 0 radical (unpaired) electrons. The van der Waals surface area contributed by atoms with Crippen LogP contribution < -0.4 is 5.32 Å². The van der Waals surface area contributed by atoms with Gasteiger partial charge in [0, 0.05) is 6.54 Å². The zero-order valence-corrected chi connectivity index (χ0v) is 12.5. The molecule has 21 heavy (non-hydrogen) atoms. The Balaban J connectivity index is 2.26. The fourth-order valence-electron chi connectivity index (χ4n) is 1.91. The first-order valence-corrected chi connectivity index (χ1v) is 7.67. The summed E-state index contributed by atoms with van der Waals surface area (Å²) in [5, 5.41) is 12.2. The number of carbonyl (C=O) groups is 2. The molecule has 0 unspecified atom stereocenters. The van der Waals surface area contributed by atoms with Crippen molar-refractivity contribution in [2.75, 3.05) is 12.3 Å². The highest BCUT2D eigenvalue weighted by Gasteiger charge is 2.14. The summed E-state index contributed by atoms with van der Waals surface area (Å²) in [7, 11) is 0. The normalized spacial score (nSPS) is 10.7. The number of benzene rings is 1. The maximum atomic E-state index is 11.9. The number of carboxylic acid groups (broad SMARTS) is 1. The summed E-state index contributed by atoms with van der Waals surface area (Å²) < 4.78 is 1.76. The number of amides is 1. The lowest BCUT2D eigenvalue weighted by Crippen LogP contribution is -2.28. The fraction of sp³-hybridized carbons (Fsp3) is 0.357. The number of rotatable bonds is 7. The van der Waals surface area contributed by atoms with Crippen molar-refractivity contribution in [2.45, 2.75) is 25.0 Å². The van der Waals surface area contributed by atoms with E-state index in [0.29, 0.717) is 11.7 Å². The molecule has 2 aromatic rings. The van der Waals surface area contributed by atoms with Crippen LogP contribution in [-0.2, 0) is 16.1 Å². The van der Waals surface area contributed by atoms with Crippen molar-refractivity contribution < 1.29 is 14.7 Å². The number of hydrogen-bond acceptors (Lipinski definition) is 4. The Hall–Kier alpha value is -2.02. The molecule has 112 valence electrons. The van der Waals surface area contributed by atoms with E-state index in [0.717, 1.165) is 29.2 Å². The number of imidazole rings is 1. The molecule has 0 spiro atoms.